The van der Waals surface area contributed by atoms with Crippen molar-refractivity contribution < 1.29 is 67.5 Å². The fourth-order valence-electron chi connectivity index (χ4n) is 7.39. The average molecular weight is 1160 g/mol. The quantitative estimate of drug-likeness (QED) is 0.0540. The van der Waals surface area contributed by atoms with Gasteiger partial charge in [-0.25, -0.2) is 4.98 Å². The molecule has 0 saturated heterocycles. The number of rotatable bonds is 15. The van der Waals surface area contributed by atoms with Crippen molar-refractivity contribution in [2.24, 2.45) is 0 Å². The SMILES string of the molecule is CCCCCCc1ccsc1-c1ccnc(-c2cc(C(F)(F)F)n[n-]2)c1.O=COc1ccnc(-c2cc(OC=O)cc(-c3cc(-c4sc(-c5scc6c5OCCO6)c5c4OCCO5)ccn3)n2)c1.[Br][Ru+]. The van der Waals surface area contributed by atoms with Gasteiger partial charge in [0, 0.05) is 47.0 Å². The summed E-state index contributed by atoms with van der Waals surface area (Å²) >= 11 is 9.74. The number of pyridine rings is 4. The van der Waals surface area contributed by atoms with Crippen LogP contribution in [0.25, 0.3) is 64.8 Å². The Morgan fingerprint density at radius 2 is 1.30 bits per heavy atom. The van der Waals surface area contributed by atoms with E-state index < -0.39 is 11.9 Å². The van der Waals surface area contributed by atoms with Gasteiger partial charge in [0.2, 0.25) is 0 Å². The molecular formula is C48H38BrF3N6O8RuS3. The maximum absolute atomic E-state index is 12.7. The van der Waals surface area contributed by atoms with Crippen molar-refractivity contribution in [3.63, 3.8) is 0 Å². The van der Waals surface area contributed by atoms with Crippen molar-refractivity contribution in [2.45, 2.75) is 45.2 Å². The number of thiophene rings is 3. The molecule has 0 aromatic carbocycles. The van der Waals surface area contributed by atoms with Gasteiger partial charge in [-0.2, -0.15) is 13.2 Å². The molecule has 0 atom stereocenters. The maximum atomic E-state index is 12.7. The monoisotopic (exact) mass is 1160 g/mol. The van der Waals surface area contributed by atoms with Crippen LogP contribution in [0.3, 0.4) is 0 Å². The molecule has 0 bridgehead atoms. The van der Waals surface area contributed by atoms with Crippen molar-refractivity contribution in [2.75, 3.05) is 26.4 Å². The predicted octanol–water partition coefficient (Wildman–Crippen LogP) is 12.1. The van der Waals surface area contributed by atoms with E-state index in [1.807, 2.05) is 23.6 Å². The molecule has 14 nitrogen and oxygen atoms in total. The average Bonchev–Trinajstić information content (AvgIpc) is 4.23. The molecule has 0 aliphatic carbocycles. The number of unbranched alkanes of at least 4 members (excludes halogenated alkanes) is 3. The number of carbonyl (C=O) groups excluding carboxylic acids is 2. The zero-order valence-corrected chi connectivity index (χ0v) is 42.5. The Morgan fingerprint density at radius 3 is 2.00 bits per heavy atom. The van der Waals surface area contributed by atoms with Crippen LogP contribution in [0.2, 0.25) is 0 Å². The first kappa shape index (κ1) is 50.3. The van der Waals surface area contributed by atoms with Crippen LogP contribution in [0, 0.1) is 0 Å². The van der Waals surface area contributed by atoms with Crippen LogP contribution >= 0.6 is 47.6 Å². The van der Waals surface area contributed by atoms with Crippen LogP contribution in [0.5, 0.6) is 34.5 Å². The van der Waals surface area contributed by atoms with E-state index in [1.165, 1.54) is 53.7 Å². The molecule has 2 aliphatic rings. The number of carbonyl (C=O) groups is 2. The number of nitrogens with zero attached hydrogens (tertiary/aromatic N) is 6. The van der Waals surface area contributed by atoms with Crippen LogP contribution < -0.4 is 33.5 Å². The summed E-state index contributed by atoms with van der Waals surface area (Å²) in [7, 11) is 0. The Balaban J connectivity index is 0.000000202. The first-order valence-corrected chi connectivity index (χ1v) is 28.0. The minimum absolute atomic E-state index is 0.139. The summed E-state index contributed by atoms with van der Waals surface area (Å²) < 4.78 is 72.2. The van der Waals surface area contributed by atoms with E-state index in [0.29, 0.717) is 90.8 Å². The number of halogens is 4. The van der Waals surface area contributed by atoms with Gasteiger partial charge < -0.3 is 38.6 Å². The number of fused-ring (bicyclic) bond motifs is 2. The summed E-state index contributed by atoms with van der Waals surface area (Å²) in [6.07, 6.45) is 6.05. The molecule has 362 valence electrons. The van der Waals surface area contributed by atoms with Crippen molar-refractivity contribution >= 4 is 60.6 Å². The van der Waals surface area contributed by atoms with Gasteiger partial charge in [0.15, 0.2) is 23.0 Å². The molecule has 0 radical (unpaired) electrons. The van der Waals surface area contributed by atoms with Crippen molar-refractivity contribution in [3.05, 3.63) is 101 Å². The minimum atomic E-state index is -4.50. The molecule has 70 heavy (non-hydrogen) atoms. The van der Waals surface area contributed by atoms with Gasteiger partial charge in [-0.05, 0) is 77.4 Å². The molecule has 0 N–H and O–H groups in total. The Bertz CT molecular complexity index is 3070. The Labute approximate surface area is 427 Å². The summed E-state index contributed by atoms with van der Waals surface area (Å²) in [4.78, 5) is 43.6. The zero-order chi connectivity index (χ0) is 49.0. The van der Waals surface area contributed by atoms with Crippen molar-refractivity contribution in [1.82, 2.24) is 30.1 Å². The predicted molar refractivity (Wildman–Crippen MR) is 259 cm³/mol. The number of hydrogen-bond acceptors (Lipinski definition) is 16. The third kappa shape index (κ3) is 11.7. The molecule has 8 aromatic heterocycles. The fraction of sp³-hybridized carbons (Fsp3) is 0.229. The number of aryl methyl sites for hydroxylation is 1. The molecule has 8 aromatic rings. The molecule has 0 spiro atoms. The fourth-order valence-corrected chi connectivity index (χ4v) is 10.6. The summed E-state index contributed by atoms with van der Waals surface area (Å²) in [6.45, 7) is 4.70. The molecule has 10 heterocycles. The Kier molecular flexibility index (Phi) is 17.0. The van der Waals surface area contributed by atoms with Crippen LogP contribution in [-0.2, 0) is 38.5 Å². The molecule has 0 saturated carbocycles. The third-order valence-electron chi connectivity index (χ3n) is 10.5. The summed E-state index contributed by atoms with van der Waals surface area (Å²) in [5, 5.41) is 10.8. The van der Waals surface area contributed by atoms with Crippen molar-refractivity contribution in [1.29, 1.82) is 0 Å². The topological polar surface area (TPSA) is 168 Å². The van der Waals surface area contributed by atoms with E-state index >= 15 is 0 Å². The van der Waals surface area contributed by atoms with Gasteiger partial charge in [-0.1, -0.05) is 31.9 Å². The molecule has 0 amide bonds. The normalized spacial score (nSPS) is 12.5. The van der Waals surface area contributed by atoms with Gasteiger partial charge in [0.25, 0.3) is 12.9 Å². The van der Waals surface area contributed by atoms with Crippen LogP contribution in [0.4, 0.5) is 13.2 Å². The second-order valence-corrected chi connectivity index (χ2v) is 17.8. The van der Waals surface area contributed by atoms with E-state index in [9.17, 15) is 22.8 Å². The number of alkyl halides is 3. The van der Waals surface area contributed by atoms with E-state index in [0.717, 1.165) is 55.3 Å². The third-order valence-corrected chi connectivity index (χ3v) is 13.8. The van der Waals surface area contributed by atoms with Crippen LogP contribution in [-0.4, -0.2) is 64.4 Å². The van der Waals surface area contributed by atoms with E-state index in [2.05, 4.69) is 73.5 Å². The molecule has 2 aliphatic heterocycles. The van der Waals surface area contributed by atoms with Gasteiger partial charge in [-0.3, -0.25) is 24.5 Å². The summed E-state index contributed by atoms with van der Waals surface area (Å²) in [5.74, 6) is 3.31. The standard InChI is InChI=1S/C29H19N3O8S2.C19H19F3N3S.BrH.Ru/c33-14-39-17-2-4-31-20(10-17)22-12-18(40-15-34)11-21(32-22)19-9-16(1-3-30-19)27-25-26(38-8-7-37-25)29(42-27)28-24-23(13-41-28)35-5-6-36-24;1-2-3-4-5-6-13-8-10-26-18(13)14-7-9-23-15(11-14)16-12-17(25-24-16)19(20,21)22;;/h1-4,9-15H,5-8H2;7-12H,2-6H2,1H3;1H;/q;-1;;+2/p-1. The van der Waals surface area contributed by atoms with Crippen LogP contribution in [0.1, 0.15) is 43.9 Å². The number of ether oxygens (including phenoxy) is 6. The number of aromatic nitrogens is 6. The summed E-state index contributed by atoms with van der Waals surface area (Å²) in [6, 6.07) is 16.8. The van der Waals surface area contributed by atoms with Crippen molar-refractivity contribution in [3.8, 4) is 99.3 Å². The van der Waals surface area contributed by atoms with E-state index in [1.54, 1.807) is 54.1 Å². The molecule has 0 fully saturated rings. The van der Waals surface area contributed by atoms with Crippen LogP contribution in [0.15, 0.2) is 90.0 Å². The molecular weight excluding hydrogens is 1120 g/mol. The second kappa shape index (κ2) is 23.7. The Morgan fingerprint density at radius 1 is 0.686 bits per heavy atom. The molecule has 22 heteroatoms. The second-order valence-electron chi connectivity index (χ2n) is 15.0. The number of hydrogen-bond donors (Lipinski definition) is 0. The van der Waals surface area contributed by atoms with E-state index in [-0.39, 0.29) is 11.4 Å². The van der Waals surface area contributed by atoms with E-state index in [4.69, 9.17) is 33.4 Å². The van der Waals surface area contributed by atoms with Gasteiger partial charge >= 0.3 is 36.1 Å². The van der Waals surface area contributed by atoms with Gasteiger partial charge in [-0.15, -0.1) is 34.0 Å². The molecule has 10 rings (SSSR count). The summed E-state index contributed by atoms with van der Waals surface area (Å²) in [5.41, 5.74) is 4.38. The first-order valence-electron chi connectivity index (χ1n) is 21.4. The zero-order valence-electron chi connectivity index (χ0n) is 36.7. The van der Waals surface area contributed by atoms with Gasteiger partial charge in [0.05, 0.1) is 43.1 Å². The first-order chi connectivity index (χ1) is 34.2. The Hall–Kier alpha value is -6.06. The molecule has 0 unspecified atom stereocenters. The van der Waals surface area contributed by atoms with Gasteiger partial charge in [0.1, 0.15) is 43.6 Å².